The van der Waals surface area contributed by atoms with Gasteiger partial charge in [0.25, 0.3) is 0 Å². The molecule has 0 aliphatic carbocycles. The van der Waals surface area contributed by atoms with Crippen LogP contribution in [0.3, 0.4) is 0 Å². The van der Waals surface area contributed by atoms with Gasteiger partial charge in [0, 0.05) is 32.4 Å². The quantitative estimate of drug-likeness (QED) is 0.904. The van der Waals surface area contributed by atoms with E-state index < -0.39 is 0 Å². The van der Waals surface area contributed by atoms with Gasteiger partial charge < -0.3 is 10.0 Å². The van der Waals surface area contributed by atoms with Crippen molar-refractivity contribution in [3.63, 3.8) is 0 Å². The number of anilines is 1. The van der Waals surface area contributed by atoms with Crippen molar-refractivity contribution in [3.05, 3.63) is 22.8 Å². The predicted molar refractivity (Wildman–Crippen MR) is 74.1 cm³/mol. The molecule has 1 aromatic heterocycles. The molecule has 2 heterocycles. The smallest absolute Gasteiger partial charge is 0.147 e. The predicted octanol–water partition coefficient (Wildman–Crippen LogP) is 1.76. The number of pyridine rings is 1. The number of aliphatic hydroxyl groups excluding tert-OH is 1. The molecule has 1 aliphatic rings. The minimum atomic E-state index is -0.0166. The van der Waals surface area contributed by atoms with Crippen molar-refractivity contribution in [1.29, 1.82) is 0 Å². The van der Waals surface area contributed by atoms with Crippen LogP contribution in [0.25, 0.3) is 0 Å². The van der Waals surface area contributed by atoms with Crippen molar-refractivity contribution in [1.82, 2.24) is 9.88 Å². The third-order valence-corrected chi connectivity index (χ3v) is 3.55. The molecule has 1 N–H and O–H groups in total. The Morgan fingerprint density at radius 1 is 1.33 bits per heavy atom. The van der Waals surface area contributed by atoms with Gasteiger partial charge in [-0.3, -0.25) is 4.90 Å². The second kappa shape index (κ2) is 6.36. The minimum absolute atomic E-state index is 0.0166. The molecule has 1 saturated heterocycles. The summed E-state index contributed by atoms with van der Waals surface area (Å²) < 4.78 is 0. The van der Waals surface area contributed by atoms with Gasteiger partial charge in [-0.05, 0) is 24.6 Å². The maximum absolute atomic E-state index is 9.04. The zero-order valence-electron chi connectivity index (χ0n) is 10.8. The van der Waals surface area contributed by atoms with Crippen LogP contribution in [-0.4, -0.2) is 47.7 Å². The molecule has 100 valence electrons. The second-order valence-electron chi connectivity index (χ2n) is 4.64. The summed E-state index contributed by atoms with van der Waals surface area (Å²) in [5, 5.41) is 9.67. The summed E-state index contributed by atoms with van der Waals surface area (Å²) in [5.41, 5.74) is 0.758. The first kappa shape index (κ1) is 13.6. The van der Waals surface area contributed by atoms with Gasteiger partial charge in [-0.25, -0.2) is 4.98 Å². The van der Waals surface area contributed by atoms with Crippen LogP contribution in [0.2, 0.25) is 5.02 Å². The van der Waals surface area contributed by atoms with Gasteiger partial charge in [0.15, 0.2) is 0 Å². The maximum Gasteiger partial charge on any atom is 0.147 e. The molecule has 0 spiro atoms. The number of aromatic nitrogens is 1. The molecular formula is C13H20ClN3O. The van der Waals surface area contributed by atoms with E-state index >= 15 is 0 Å². The third-order valence-electron chi connectivity index (χ3n) is 3.27. The van der Waals surface area contributed by atoms with Crippen LogP contribution in [-0.2, 0) is 6.61 Å². The molecule has 1 fully saturated rings. The largest absolute Gasteiger partial charge is 0.392 e. The van der Waals surface area contributed by atoms with E-state index in [-0.39, 0.29) is 6.61 Å². The molecule has 4 nitrogen and oxygen atoms in total. The van der Waals surface area contributed by atoms with E-state index in [1.54, 1.807) is 12.3 Å². The van der Waals surface area contributed by atoms with Crippen molar-refractivity contribution < 1.29 is 5.11 Å². The van der Waals surface area contributed by atoms with E-state index in [2.05, 4.69) is 21.7 Å². The van der Waals surface area contributed by atoms with Gasteiger partial charge in [-0.1, -0.05) is 18.5 Å². The molecule has 0 atom stereocenters. The summed E-state index contributed by atoms with van der Waals surface area (Å²) in [4.78, 5) is 9.04. The van der Waals surface area contributed by atoms with E-state index in [9.17, 15) is 0 Å². The first-order chi connectivity index (χ1) is 8.74. The Kier molecular flexibility index (Phi) is 4.80. The summed E-state index contributed by atoms with van der Waals surface area (Å²) >= 11 is 6.21. The Morgan fingerprint density at radius 3 is 2.61 bits per heavy atom. The van der Waals surface area contributed by atoms with Crippen LogP contribution in [0.4, 0.5) is 5.82 Å². The fourth-order valence-electron chi connectivity index (χ4n) is 2.29. The van der Waals surface area contributed by atoms with Gasteiger partial charge in [0.05, 0.1) is 11.6 Å². The fourth-order valence-corrected chi connectivity index (χ4v) is 2.60. The van der Waals surface area contributed by atoms with E-state index in [1.165, 1.54) is 13.0 Å². The fraction of sp³-hybridized carbons (Fsp3) is 0.615. The summed E-state index contributed by atoms with van der Waals surface area (Å²) in [6.45, 7) is 7.41. The molecule has 0 aromatic carbocycles. The number of nitrogens with zero attached hydrogens (tertiary/aromatic N) is 3. The lowest BCUT2D eigenvalue weighted by Crippen LogP contribution is -2.46. The van der Waals surface area contributed by atoms with E-state index in [1.807, 2.05) is 0 Å². The van der Waals surface area contributed by atoms with Crippen molar-refractivity contribution in [3.8, 4) is 0 Å². The van der Waals surface area contributed by atoms with Gasteiger partial charge >= 0.3 is 0 Å². The summed E-state index contributed by atoms with van der Waals surface area (Å²) in [7, 11) is 0. The number of hydrogen-bond acceptors (Lipinski definition) is 4. The molecule has 1 aromatic rings. The highest BCUT2D eigenvalue weighted by atomic mass is 35.5. The molecule has 0 saturated carbocycles. The first-order valence-corrected chi connectivity index (χ1v) is 6.85. The molecule has 18 heavy (non-hydrogen) atoms. The van der Waals surface area contributed by atoms with Crippen LogP contribution in [0.1, 0.15) is 18.9 Å². The topological polar surface area (TPSA) is 39.6 Å². The zero-order chi connectivity index (χ0) is 13.0. The molecule has 1 aliphatic heterocycles. The Balaban J connectivity index is 2.01. The Bertz CT molecular complexity index is 392. The highest BCUT2D eigenvalue weighted by molar-refractivity contribution is 6.33. The normalized spacial score (nSPS) is 17.2. The lowest BCUT2D eigenvalue weighted by molar-refractivity contribution is 0.258. The van der Waals surface area contributed by atoms with Crippen LogP contribution >= 0.6 is 11.6 Å². The van der Waals surface area contributed by atoms with Gasteiger partial charge in [-0.15, -0.1) is 0 Å². The average molecular weight is 270 g/mol. The standard InChI is InChI=1S/C13H20ClN3O/c1-2-3-16-4-6-17(7-5-16)13-12(14)8-11(10-18)9-15-13/h8-9,18H,2-7,10H2,1H3. The lowest BCUT2D eigenvalue weighted by atomic mass is 10.2. The van der Waals surface area contributed by atoms with Crippen LogP contribution < -0.4 is 4.90 Å². The summed E-state index contributed by atoms with van der Waals surface area (Å²) in [6, 6.07) is 1.79. The zero-order valence-corrected chi connectivity index (χ0v) is 11.5. The van der Waals surface area contributed by atoms with Gasteiger partial charge in [-0.2, -0.15) is 0 Å². The summed E-state index contributed by atoms with van der Waals surface area (Å²) in [5.74, 6) is 0.838. The molecule has 2 rings (SSSR count). The Labute approximate surface area is 113 Å². The number of hydrogen-bond donors (Lipinski definition) is 1. The minimum Gasteiger partial charge on any atom is -0.392 e. The Morgan fingerprint density at radius 2 is 2.06 bits per heavy atom. The van der Waals surface area contributed by atoms with Crippen LogP contribution in [0.15, 0.2) is 12.3 Å². The number of aliphatic hydroxyl groups is 1. The molecule has 0 amide bonds. The average Bonchev–Trinajstić information content (AvgIpc) is 2.40. The maximum atomic E-state index is 9.04. The number of halogens is 1. The number of piperazine rings is 1. The van der Waals surface area contributed by atoms with Crippen LogP contribution in [0, 0.1) is 0 Å². The van der Waals surface area contributed by atoms with E-state index in [0.717, 1.165) is 37.6 Å². The first-order valence-electron chi connectivity index (χ1n) is 6.47. The highest BCUT2D eigenvalue weighted by Crippen LogP contribution is 2.25. The van der Waals surface area contributed by atoms with Gasteiger partial charge in [0.1, 0.15) is 5.82 Å². The van der Waals surface area contributed by atoms with E-state index in [4.69, 9.17) is 16.7 Å². The Hall–Kier alpha value is -0.840. The SMILES string of the molecule is CCCN1CCN(c2ncc(CO)cc2Cl)CC1. The van der Waals surface area contributed by atoms with E-state index in [0.29, 0.717) is 5.02 Å². The third kappa shape index (κ3) is 3.13. The van der Waals surface area contributed by atoms with Crippen molar-refractivity contribution in [2.45, 2.75) is 20.0 Å². The molecule has 5 heteroatoms. The molecular weight excluding hydrogens is 250 g/mol. The lowest BCUT2D eigenvalue weighted by Gasteiger charge is -2.35. The molecule has 0 bridgehead atoms. The van der Waals surface area contributed by atoms with Crippen molar-refractivity contribution >= 4 is 17.4 Å². The number of rotatable bonds is 4. The van der Waals surface area contributed by atoms with Gasteiger partial charge in [0.2, 0.25) is 0 Å². The van der Waals surface area contributed by atoms with Crippen molar-refractivity contribution in [2.75, 3.05) is 37.6 Å². The van der Waals surface area contributed by atoms with Crippen LogP contribution in [0.5, 0.6) is 0 Å². The second-order valence-corrected chi connectivity index (χ2v) is 5.04. The molecule has 0 unspecified atom stereocenters. The molecule has 0 radical (unpaired) electrons. The summed E-state index contributed by atoms with van der Waals surface area (Å²) in [6.07, 6.45) is 2.89. The van der Waals surface area contributed by atoms with Crippen molar-refractivity contribution in [2.24, 2.45) is 0 Å². The monoisotopic (exact) mass is 269 g/mol. The highest BCUT2D eigenvalue weighted by Gasteiger charge is 2.19.